The number of unbranched alkanes of at least 4 members (excludes halogenated alkanes) is 57. The van der Waals surface area contributed by atoms with Crippen LogP contribution in [0.4, 0.5) is 0 Å². The highest BCUT2D eigenvalue weighted by Gasteiger charge is 2.22. The smallest absolute Gasteiger partial charge is 0.306 e. The molecule has 0 saturated heterocycles. The van der Waals surface area contributed by atoms with E-state index in [0.717, 1.165) is 57.8 Å². The number of carbonyl (C=O) groups is 3. The molecule has 0 radical (unpaired) electrons. The van der Waals surface area contributed by atoms with E-state index in [0.29, 0.717) is 17.4 Å². The molecule has 0 bridgehead atoms. The predicted molar refractivity (Wildman–Crippen MR) is 426 cm³/mol. The summed E-state index contributed by atoms with van der Waals surface area (Å²) in [7, 11) is 5.96. The summed E-state index contributed by atoms with van der Waals surface area (Å²) >= 11 is 0. The van der Waals surface area contributed by atoms with E-state index in [1.807, 2.05) is 21.1 Å². The molecule has 0 saturated carbocycles. The van der Waals surface area contributed by atoms with Gasteiger partial charge >= 0.3 is 11.9 Å². The molecule has 0 aliphatic rings. The van der Waals surface area contributed by atoms with Crippen molar-refractivity contribution in [3.8, 4) is 0 Å². The van der Waals surface area contributed by atoms with Crippen molar-refractivity contribution in [1.82, 2.24) is 0 Å². The Morgan fingerprint density at radius 1 is 0.303 bits per heavy atom. The summed E-state index contributed by atoms with van der Waals surface area (Å²) < 4.78 is 22.9. The molecule has 0 heterocycles. The van der Waals surface area contributed by atoms with E-state index < -0.39 is 24.3 Å². The molecule has 0 aromatic rings. The van der Waals surface area contributed by atoms with Crippen LogP contribution in [-0.2, 0) is 33.3 Å². The van der Waals surface area contributed by atoms with Gasteiger partial charge in [-0.1, -0.05) is 402 Å². The van der Waals surface area contributed by atoms with Crippen molar-refractivity contribution in [1.29, 1.82) is 0 Å². The van der Waals surface area contributed by atoms with Gasteiger partial charge in [0.15, 0.2) is 12.4 Å². The first-order valence-corrected chi connectivity index (χ1v) is 43.4. The SMILES string of the molecule is CCCCCCC/C=C\C/C=C\C/C=C\CCCCCCCCCCCCCCCCCCCCCCCCCCCCC(=O)OC(COC(=O)CCCCCCCCCCCCCCCCCCCCCCC/C=C\C/C=C\CCCCCCC)COC(OCC[N+](C)(C)C)C(=O)[O-]. The number of hydrogen-bond acceptors (Lipinski definition) is 8. The number of ether oxygens (including phenoxy) is 4. The number of allylic oxidation sites excluding steroid dienone is 10. The van der Waals surface area contributed by atoms with Gasteiger partial charge in [-0.15, -0.1) is 0 Å². The Labute approximate surface area is 615 Å². The molecular weight excluding hydrogens is 1220 g/mol. The number of quaternary nitrogens is 1. The van der Waals surface area contributed by atoms with E-state index in [1.54, 1.807) is 0 Å². The van der Waals surface area contributed by atoms with Crippen molar-refractivity contribution in [2.45, 2.75) is 450 Å². The van der Waals surface area contributed by atoms with Crippen LogP contribution in [0.3, 0.4) is 0 Å². The third-order valence-corrected chi connectivity index (χ3v) is 19.7. The first kappa shape index (κ1) is 96.0. The van der Waals surface area contributed by atoms with E-state index in [1.165, 1.54) is 353 Å². The highest BCUT2D eigenvalue weighted by Crippen LogP contribution is 2.20. The maximum Gasteiger partial charge on any atom is 0.306 e. The van der Waals surface area contributed by atoms with E-state index in [4.69, 9.17) is 18.9 Å². The Balaban J connectivity index is 3.92. The number of carbonyl (C=O) groups excluding carboxylic acids is 3. The van der Waals surface area contributed by atoms with Crippen LogP contribution in [0.1, 0.15) is 438 Å². The summed E-state index contributed by atoms with van der Waals surface area (Å²) in [6, 6.07) is 0. The average molecular weight is 1390 g/mol. The Hall–Kier alpha value is -3.01. The molecule has 2 atom stereocenters. The quantitative estimate of drug-likeness (QED) is 0.0195. The van der Waals surface area contributed by atoms with Gasteiger partial charge in [0.05, 0.1) is 40.3 Å². The van der Waals surface area contributed by atoms with Gasteiger partial charge in [-0.2, -0.15) is 0 Å². The van der Waals surface area contributed by atoms with Crippen molar-refractivity contribution >= 4 is 17.9 Å². The number of nitrogens with zero attached hydrogens (tertiary/aromatic N) is 1. The van der Waals surface area contributed by atoms with Gasteiger partial charge in [0.25, 0.3) is 0 Å². The zero-order valence-electron chi connectivity index (χ0n) is 66.6. The number of aliphatic carboxylic acids is 1. The third-order valence-electron chi connectivity index (χ3n) is 19.7. The van der Waals surface area contributed by atoms with Gasteiger partial charge in [0, 0.05) is 12.8 Å². The standard InChI is InChI=1S/C90H167NO8/c1-6-8-10-12-14-16-18-20-22-24-26-28-30-32-34-36-38-40-41-42-43-44-45-46-47-49-51-53-55-57-59-61-63-65-67-69-71-73-75-77-79-81-88(93)99-86(85-98-90(89(94)95)96-83-82-91(3,4)5)84-97-87(92)80-78-76-74-72-70-68-66-64-62-60-58-56-54-52-50-48-39-37-35-33-31-29-27-25-23-21-19-17-15-13-11-9-7-2/h18-21,24-27,30,32,86,90H,6-17,22-23,28-29,31,33-85H2,1-5H3/b20-18-,21-19-,26-24-,27-25-,32-30-. The molecule has 2 unspecified atom stereocenters. The number of hydrogen-bond donors (Lipinski definition) is 0. The fourth-order valence-corrected chi connectivity index (χ4v) is 13.1. The first-order valence-electron chi connectivity index (χ1n) is 43.4. The molecule has 0 rings (SSSR count). The lowest BCUT2D eigenvalue weighted by molar-refractivity contribution is -0.870. The van der Waals surface area contributed by atoms with Gasteiger partial charge in [0.1, 0.15) is 13.2 Å². The van der Waals surface area contributed by atoms with Crippen LogP contribution in [0.5, 0.6) is 0 Å². The maximum atomic E-state index is 13.0. The maximum absolute atomic E-state index is 13.0. The minimum Gasteiger partial charge on any atom is -0.545 e. The van der Waals surface area contributed by atoms with Gasteiger partial charge in [-0.3, -0.25) is 9.59 Å². The lowest BCUT2D eigenvalue weighted by Crippen LogP contribution is -2.44. The van der Waals surface area contributed by atoms with E-state index in [2.05, 4.69) is 74.6 Å². The minimum absolute atomic E-state index is 0.150. The summed E-state index contributed by atoms with van der Waals surface area (Å²) in [5, 5.41) is 11.9. The molecule has 0 aromatic carbocycles. The van der Waals surface area contributed by atoms with Crippen LogP contribution < -0.4 is 5.11 Å². The number of carboxylic acid groups (broad SMARTS) is 1. The normalized spacial score (nSPS) is 12.9. The van der Waals surface area contributed by atoms with Crippen LogP contribution >= 0.6 is 0 Å². The lowest BCUT2D eigenvalue weighted by Gasteiger charge is -2.26. The molecule has 0 fully saturated rings. The lowest BCUT2D eigenvalue weighted by atomic mass is 10.0. The highest BCUT2D eigenvalue weighted by molar-refractivity contribution is 5.70. The Morgan fingerprint density at radius 3 is 0.808 bits per heavy atom. The van der Waals surface area contributed by atoms with Crippen LogP contribution in [0.2, 0.25) is 0 Å². The van der Waals surface area contributed by atoms with E-state index in [9.17, 15) is 19.5 Å². The number of esters is 2. The summed E-state index contributed by atoms with van der Waals surface area (Å²) in [5.41, 5.74) is 0. The topological polar surface area (TPSA) is 111 Å². The Kier molecular flexibility index (Phi) is 78.2. The molecule has 580 valence electrons. The molecular formula is C90H167NO8. The van der Waals surface area contributed by atoms with Crippen molar-refractivity contribution in [3.05, 3.63) is 60.8 Å². The molecule has 0 aliphatic heterocycles. The van der Waals surface area contributed by atoms with E-state index in [-0.39, 0.29) is 32.2 Å². The molecule has 0 aliphatic carbocycles. The minimum atomic E-state index is -1.62. The number of rotatable bonds is 82. The van der Waals surface area contributed by atoms with Crippen molar-refractivity contribution in [2.75, 3.05) is 47.5 Å². The highest BCUT2D eigenvalue weighted by atomic mass is 16.7. The summed E-state index contributed by atoms with van der Waals surface area (Å²) in [5.74, 6) is -2.25. The first-order chi connectivity index (χ1) is 48.6. The Bertz CT molecular complexity index is 1820. The monoisotopic (exact) mass is 1390 g/mol. The Morgan fingerprint density at radius 2 is 0.545 bits per heavy atom. The fourth-order valence-electron chi connectivity index (χ4n) is 13.1. The summed E-state index contributed by atoms with van der Waals surface area (Å²) in [6.45, 7) is 4.80. The molecule has 0 amide bonds. The van der Waals surface area contributed by atoms with Crippen LogP contribution in [0, 0.1) is 0 Å². The van der Waals surface area contributed by atoms with Gasteiger partial charge < -0.3 is 33.3 Å². The average Bonchev–Trinajstić information content (AvgIpc) is 2.62. The van der Waals surface area contributed by atoms with Gasteiger partial charge in [-0.25, -0.2) is 0 Å². The fraction of sp³-hybridized carbons (Fsp3) is 0.856. The third kappa shape index (κ3) is 82.2. The van der Waals surface area contributed by atoms with Crippen molar-refractivity contribution in [3.63, 3.8) is 0 Å². The van der Waals surface area contributed by atoms with Crippen LogP contribution in [-0.4, -0.2) is 82.3 Å². The summed E-state index contributed by atoms with van der Waals surface area (Å²) in [4.78, 5) is 37.7. The van der Waals surface area contributed by atoms with Crippen LogP contribution in [0.15, 0.2) is 60.8 Å². The van der Waals surface area contributed by atoms with E-state index >= 15 is 0 Å². The van der Waals surface area contributed by atoms with Crippen molar-refractivity contribution < 1.29 is 42.9 Å². The second kappa shape index (κ2) is 80.7. The molecule has 99 heavy (non-hydrogen) atoms. The molecule has 9 nitrogen and oxygen atoms in total. The van der Waals surface area contributed by atoms with Gasteiger partial charge in [0.2, 0.25) is 0 Å². The second-order valence-corrected chi connectivity index (χ2v) is 30.8. The predicted octanol–water partition coefficient (Wildman–Crippen LogP) is 26.8. The number of likely N-dealkylation sites (N-methyl/N-ethyl adjacent to an activating group) is 1. The molecule has 9 heteroatoms. The largest absolute Gasteiger partial charge is 0.545 e. The zero-order chi connectivity index (χ0) is 71.8. The second-order valence-electron chi connectivity index (χ2n) is 30.8. The number of carboxylic acids is 1. The zero-order valence-corrected chi connectivity index (χ0v) is 66.6. The molecule has 0 spiro atoms. The van der Waals surface area contributed by atoms with Crippen LogP contribution in [0.25, 0.3) is 0 Å². The van der Waals surface area contributed by atoms with Crippen molar-refractivity contribution in [2.24, 2.45) is 0 Å². The summed E-state index contributed by atoms with van der Waals surface area (Å²) in [6.07, 6.45) is 105. The molecule has 0 N–H and O–H groups in total. The molecule has 0 aromatic heterocycles. The van der Waals surface area contributed by atoms with Gasteiger partial charge in [-0.05, 0) is 83.5 Å².